The second-order valence-corrected chi connectivity index (χ2v) is 4.89. The highest BCUT2D eigenvalue weighted by Gasteiger charge is 2.10. The smallest absolute Gasteiger partial charge is 0.248 e. The van der Waals surface area contributed by atoms with Crippen LogP contribution in [0.25, 0.3) is 0 Å². The van der Waals surface area contributed by atoms with Crippen LogP contribution in [0.5, 0.6) is 11.6 Å². The molecule has 0 bridgehead atoms. The lowest BCUT2D eigenvalue weighted by atomic mass is 10.1. The van der Waals surface area contributed by atoms with Crippen LogP contribution in [0.15, 0.2) is 61.2 Å². The predicted octanol–water partition coefficient (Wildman–Crippen LogP) is 2.90. The predicted molar refractivity (Wildman–Crippen MR) is 89.4 cm³/mol. The molecule has 3 rings (SSSR count). The van der Waals surface area contributed by atoms with Gasteiger partial charge in [0.2, 0.25) is 5.88 Å². The topological polar surface area (TPSA) is 86.0 Å². The van der Waals surface area contributed by atoms with Crippen molar-refractivity contribution in [2.24, 2.45) is 0 Å². The Morgan fingerprint density at radius 3 is 2.70 bits per heavy atom. The van der Waals surface area contributed by atoms with E-state index < -0.39 is 0 Å². The van der Waals surface area contributed by atoms with Crippen molar-refractivity contribution in [3.05, 3.63) is 66.7 Å². The standard InChI is InChI=1S/C17H17N5O/c18-15-16(20-10-8-13-5-2-1-3-6-13)21-12-22-17(15)23-14-7-4-9-19-11-14/h1-7,9,11-12H,8,10,18H2,(H,20,21,22). The van der Waals surface area contributed by atoms with Crippen LogP contribution in [-0.2, 0) is 6.42 Å². The molecule has 0 amide bonds. The number of nitrogens with one attached hydrogen (secondary N) is 1. The summed E-state index contributed by atoms with van der Waals surface area (Å²) in [7, 11) is 0. The molecule has 23 heavy (non-hydrogen) atoms. The van der Waals surface area contributed by atoms with Crippen molar-refractivity contribution in [1.29, 1.82) is 0 Å². The molecule has 6 nitrogen and oxygen atoms in total. The molecule has 3 aromatic rings. The number of aromatic nitrogens is 3. The van der Waals surface area contributed by atoms with E-state index in [-0.39, 0.29) is 0 Å². The molecule has 0 fully saturated rings. The van der Waals surface area contributed by atoms with E-state index in [4.69, 9.17) is 10.5 Å². The van der Waals surface area contributed by atoms with E-state index >= 15 is 0 Å². The van der Waals surface area contributed by atoms with Crippen molar-refractivity contribution in [3.8, 4) is 11.6 Å². The molecule has 116 valence electrons. The van der Waals surface area contributed by atoms with Gasteiger partial charge in [-0.05, 0) is 24.1 Å². The Morgan fingerprint density at radius 1 is 1.04 bits per heavy atom. The third kappa shape index (κ3) is 3.94. The second kappa shape index (κ2) is 7.22. The maximum Gasteiger partial charge on any atom is 0.248 e. The molecule has 1 aromatic carbocycles. The summed E-state index contributed by atoms with van der Waals surface area (Å²) in [6.45, 7) is 0.720. The highest BCUT2D eigenvalue weighted by atomic mass is 16.5. The lowest BCUT2D eigenvalue weighted by Gasteiger charge is -2.11. The normalized spacial score (nSPS) is 10.3. The molecule has 0 unspecified atom stereocenters. The van der Waals surface area contributed by atoms with Gasteiger partial charge in [-0.1, -0.05) is 30.3 Å². The van der Waals surface area contributed by atoms with E-state index in [9.17, 15) is 0 Å². The Bertz CT molecular complexity index is 749. The van der Waals surface area contributed by atoms with Crippen LogP contribution in [0.4, 0.5) is 11.5 Å². The van der Waals surface area contributed by atoms with Crippen molar-refractivity contribution in [3.63, 3.8) is 0 Å². The first-order chi connectivity index (χ1) is 11.3. The number of rotatable bonds is 6. The van der Waals surface area contributed by atoms with Gasteiger partial charge in [0.05, 0.1) is 6.20 Å². The minimum absolute atomic E-state index is 0.315. The number of anilines is 2. The number of benzene rings is 1. The Kier molecular flexibility index (Phi) is 4.63. The Balaban J connectivity index is 1.65. The first kappa shape index (κ1) is 14.8. The van der Waals surface area contributed by atoms with Gasteiger partial charge >= 0.3 is 0 Å². The maximum atomic E-state index is 6.08. The summed E-state index contributed by atoms with van der Waals surface area (Å²) in [4.78, 5) is 12.2. The molecule has 0 spiro atoms. The lowest BCUT2D eigenvalue weighted by molar-refractivity contribution is 0.462. The molecule has 2 aromatic heterocycles. The van der Waals surface area contributed by atoms with Gasteiger partial charge in [0.25, 0.3) is 0 Å². The molecule has 0 aliphatic carbocycles. The van der Waals surface area contributed by atoms with Crippen LogP contribution >= 0.6 is 0 Å². The third-order valence-electron chi connectivity index (χ3n) is 3.25. The fraction of sp³-hybridized carbons (Fsp3) is 0.118. The van der Waals surface area contributed by atoms with E-state index in [1.807, 2.05) is 18.2 Å². The Morgan fingerprint density at radius 2 is 1.91 bits per heavy atom. The van der Waals surface area contributed by atoms with Gasteiger partial charge in [0.15, 0.2) is 5.82 Å². The largest absolute Gasteiger partial charge is 0.435 e. The van der Waals surface area contributed by atoms with Crippen LogP contribution in [0.1, 0.15) is 5.56 Å². The second-order valence-electron chi connectivity index (χ2n) is 4.89. The van der Waals surface area contributed by atoms with Crippen LogP contribution < -0.4 is 15.8 Å². The summed E-state index contributed by atoms with van der Waals surface area (Å²) < 4.78 is 5.64. The fourth-order valence-electron chi connectivity index (χ4n) is 2.09. The van der Waals surface area contributed by atoms with E-state index in [1.165, 1.54) is 11.9 Å². The maximum absolute atomic E-state index is 6.08. The van der Waals surface area contributed by atoms with Crippen LogP contribution in [-0.4, -0.2) is 21.5 Å². The quantitative estimate of drug-likeness (QED) is 0.728. The highest BCUT2D eigenvalue weighted by molar-refractivity contribution is 5.66. The van der Waals surface area contributed by atoms with Gasteiger partial charge in [-0.3, -0.25) is 4.98 Å². The zero-order chi connectivity index (χ0) is 15.9. The monoisotopic (exact) mass is 307 g/mol. The molecule has 6 heteroatoms. The van der Waals surface area contributed by atoms with Crippen LogP contribution in [0.2, 0.25) is 0 Å². The summed E-state index contributed by atoms with van der Waals surface area (Å²) in [5, 5.41) is 3.22. The summed E-state index contributed by atoms with van der Waals surface area (Å²) in [5.41, 5.74) is 7.71. The molecule has 0 saturated carbocycles. The van der Waals surface area contributed by atoms with Crippen LogP contribution in [0, 0.1) is 0 Å². The van der Waals surface area contributed by atoms with Gasteiger partial charge in [0.1, 0.15) is 17.8 Å². The Labute approximate surface area is 134 Å². The molecule has 2 heterocycles. The van der Waals surface area contributed by atoms with E-state index in [0.29, 0.717) is 23.1 Å². The molecule has 0 radical (unpaired) electrons. The molecule has 0 aliphatic rings. The summed E-state index contributed by atoms with van der Waals surface area (Å²) in [5.74, 6) is 1.46. The van der Waals surface area contributed by atoms with Gasteiger partial charge in [-0.25, -0.2) is 4.98 Å². The van der Waals surface area contributed by atoms with Crippen LogP contribution in [0.3, 0.4) is 0 Å². The van der Waals surface area contributed by atoms with Crippen molar-refractivity contribution in [2.45, 2.75) is 6.42 Å². The van der Waals surface area contributed by atoms with Crippen molar-refractivity contribution >= 4 is 11.5 Å². The first-order valence-electron chi connectivity index (χ1n) is 7.29. The molecule has 0 atom stereocenters. The van der Waals surface area contributed by atoms with Crippen molar-refractivity contribution < 1.29 is 4.74 Å². The number of ether oxygens (including phenoxy) is 1. The fourth-order valence-corrected chi connectivity index (χ4v) is 2.09. The summed E-state index contributed by atoms with van der Waals surface area (Å²) in [6.07, 6.45) is 5.58. The molecule has 3 N–H and O–H groups in total. The van der Waals surface area contributed by atoms with E-state index in [1.54, 1.807) is 24.5 Å². The zero-order valence-corrected chi connectivity index (χ0v) is 12.5. The molecular formula is C17H17N5O. The average molecular weight is 307 g/mol. The van der Waals surface area contributed by atoms with E-state index in [0.717, 1.165) is 13.0 Å². The van der Waals surface area contributed by atoms with Gasteiger partial charge in [-0.15, -0.1) is 0 Å². The number of nitrogen functional groups attached to an aromatic ring is 1. The van der Waals surface area contributed by atoms with Gasteiger partial charge < -0.3 is 15.8 Å². The first-order valence-corrected chi connectivity index (χ1v) is 7.29. The number of hydrogen-bond donors (Lipinski definition) is 2. The molecule has 0 saturated heterocycles. The van der Waals surface area contributed by atoms with Crippen molar-refractivity contribution in [1.82, 2.24) is 15.0 Å². The zero-order valence-electron chi connectivity index (χ0n) is 12.5. The van der Waals surface area contributed by atoms with E-state index in [2.05, 4.69) is 32.4 Å². The van der Waals surface area contributed by atoms with Crippen molar-refractivity contribution in [2.75, 3.05) is 17.6 Å². The number of nitrogens with two attached hydrogens (primary N) is 1. The minimum Gasteiger partial charge on any atom is -0.435 e. The summed E-state index contributed by atoms with van der Waals surface area (Å²) >= 11 is 0. The van der Waals surface area contributed by atoms with Gasteiger partial charge in [-0.2, -0.15) is 4.98 Å². The number of hydrogen-bond acceptors (Lipinski definition) is 6. The minimum atomic E-state index is 0.315. The lowest BCUT2D eigenvalue weighted by Crippen LogP contribution is -2.09. The third-order valence-corrected chi connectivity index (χ3v) is 3.25. The Hall–Kier alpha value is -3.15. The molecular weight excluding hydrogens is 290 g/mol. The molecule has 0 aliphatic heterocycles. The number of pyridine rings is 1. The highest BCUT2D eigenvalue weighted by Crippen LogP contribution is 2.28. The number of nitrogens with zero attached hydrogens (tertiary/aromatic N) is 3. The SMILES string of the molecule is Nc1c(NCCc2ccccc2)ncnc1Oc1cccnc1. The summed E-state index contributed by atoms with van der Waals surface area (Å²) in [6, 6.07) is 13.8. The van der Waals surface area contributed by atoms with Gasteiger partial charge in [0, 0.05) is 12.7 Å². The average Bonchev–Trinajstić information content (AvgIpc) is 2.60.